The van der Waals surface area contributed by atoms with Gasteiger partial charge in [0.05, 0.1) is 34.8 Å². The van der Waals surface area contributed by atoms with Crippen LogP contribution in [0.1, 0.15) is 83.8 Å². The molecule has 0 amide bonds. The highest BCUT2D eigenvalue weighted by Crippen LogP contribution is 2.34. The number of carbonyl (C=O) groups is 2. The first-order chi connectivity index (χ1) is 16.9. The lowest BCUT2D eigenvalue weighted by molar-refractivity contribution is -0.154. The van der Waals surface area contributed by atoms with Crippen LogP contribution in [-0.2, 0) is 20.9 Å². The number of halogens is 1. The Morgan fingerprint density at radius 2 is 2.06 bits per heavy atom. The van der Waals surface area contributed by atoms with Gasteiger partial charge in [0.15, 0.2) is 0 Å². The summed E-state index contributed by atoms with van der Waals surface area (Å²) in [7, 11) is 0. The van der Waals surface area contributed by atoms with Crippen molar-refractivity contribution < 1.29 is 24.5 Å². The number of hydrogen-bond donors (Lipinski definition) is 3. The Bertz CT molecular complexity index is 958. The molecule has 9 heteroatoms. The standard InChI is InChI=1S/C27H41ClN2O5S/c1-6-19-25(33)17(3)9-7-8-16(2)10-11-21(20(28)12-18-15-36-23(14-29)30-18)35-24(32)13-22(31)27(4,5)26(19)34/h10,12,15,17,19,21-22,25,31,33H,6-9,11,13-14,29H2,1-5H3/b16-10-,20-12-/t17-,19+,21-,22-,25-/m0/s1. The van der Waals surface area contributed by atoms with Crippen molar-refractivity contribution in [3.63, 3.8) is 0 Å². The van der Waals surface area contributed by atoms with E-state index >= 15 is 0 Å². The first-order valence-corrected chi connectivity index (χ1v) is 13.9. The molecule has 0 spiro atoms. The number of ether oxygens (including phenoxy) is 1. The van der Waals surface area contributed by atoms with Gasteiger partial charge in [-0.15, -0.1) is 11.3 Å². The van der Waals surface area contributed by atoms with Crippen molar-refractivity contribution in [2.45, 2.75) is 98.0 Å². The zero-order valence-electron chi connectivity index (χ0n) is 22.0. The Kier molecular flexibility index (Phi) is 11.8. The second kappa shape index (κ2) is 13.8. The van der Waals surface area contributed by atoms with Crippen LogP contribution in [0.4, 0.5) is 0 Å². The molecule has 4 N–H and O–H groups in total. The SMILES string of the molecule is CC[C@H]1C(=O)C(C)(C)[C@@H](O)CC(=O)O[C@H](/C(Cl)=C/c2csc(CN)n2)C/C=C(/C)CCC[C@H](C)[C@@H]1O. The van der Waals surface area contributed by atoms with Crippen LogP contribution in [0.25, 0.3) is 6.08 Å². The first kappa shape index (κ1) is 30.6. The number of hydrogen-bond acceptors (Lipinski definition) is 8. The molecule has 2 heterocycles. The average Bonchev–Trinajstić information content (AvgIpc) is 3.28. The van der Waals surface area contributed by atoms with Crippen molar-refractivity contribution >= 4 is 40.8 Å². The van der Waals surface area contributed by atoms with Crippen molar-refractivity contribution in [1.29, 1.82) is 0 Å². The van der Waals surface area contributed by atoms with Crippen LogP contribution in [0.2, 0.25) is 0 Å². The van der Waals surface area contributed by atoms with E-state index in [4.69, 9.17) is 22.1 Å². The van der Waals surface area contributed by atoms with E-state index in [9.17, 15) is 19.8 Å². The van der Waals surface area contributed by atoms with Crippen LogP contribution < -0.4 is 5.73 Å². The number of aromatic nitrogens is 1. The van der Waals surface area contributed by atoms with Gasteiger partial charge in [-0.25, -0.2) is 4.98 Å². The number of allylic oxidation sites excluding steroid dienone is 1. The summed E-state index contributed by atoms with van der Waals surface area (Å²) in [6.07, 6.45) is 3.74. The molecule has 0 fully saturated rings. The van der Waals surface area contributed by atoms with E-state index in [0.717, 1.165) is 29.8 Å². The van der Waals surface area contributed by atoms with Gasteiger partial charge in [0.2, 0.25) is 0 Å². The van der Waals surface area contributed by atoms with Crippen molar-refractivity contribution in [3.8, 4) is 0 Å². The second-order valence-electron chi connectivity index (χ2n) is 10.3. The monoisotopic (exact) mass is 540 g/mol. The molecule has 202 valence electrons. The van der Waals surface area contributed by atoms with Crippen LogP contribution >= 0.6 is 22.9 Å². The summed E-state index contributed by atoms with van der Waals surface area (Å²) in [4.78, 5) is 30.6. The van der Waals surface area contributed by atoms with Crippen LogP contribution in [0.15, 0.2) is 22.1 Å². The number of ketones is 1. The zero-order valence-corrected chi connectivity index (χ0v) is 23.6. The molecule has 2 rings (SSSR count). The number of carbonyl (C=O) groups excluding carboxylic acids is 2. The summed E-state index contributed by atoms with van der Waals surface area (Å²) in [6, 6.07) is 0. The van der Waals surface area contributed by atoms with Crippen molar-refractivity contribution in [2.75, 3.05) is 0 Å². The number of esters is 1. The van der Waals surface area contributed by atoms with Crippen LogP contribution in [0.3, 0.4) is 0 Å². The van der Waals surface area contributed by atoms with E-state index in [-0.39, 0.29) is 18.1 Å². The lowest BCUT2D eigenvalue weighted by atomic mass is 9.71. The normalized spacial score (nSPS) is 31.0. The lowest BCUT2D eigenvalue weighted by Gasteiger charge is -2.35. The first-order valence-electron chi connectivity index (χ1n) is 12.7. The minimum atomic E-state index is -1.27. The van der Waals surface area contributed by atoms with Crippen LogP contribution in [0, 0.1) is 17.3 Å². The highest BCUT2D eigenvalue weighted by atomic mass is 35.5. The Balaban J connectivity index is 2.35. The molecule has 0 bridgehead atoms. The van der Waals surface area contributed by atoms with Crippen LogP contribution in [-0.4, -0.2) is 45.3 Å². The highest BCUT2D eigenvalue weighted by Gasteiger charge is 2.43. The minimum absolute atomic E-state index is 0.0702. The molecule has 0 saturated heterocycles. The van der Waals surface area contributed by atoms with Gasteiger partial charge in [0.25, 0.3) is 0 Å². The molecule has 1 aliphatic rings. The van der Waals surface area contributed by atoms with E-state index in [1.165, 1.54) is 11.3 Å². The summed E-state index contributed by atoms with van der Waals surface area (Å²) >= 11 is 8.02. The quantitative estimate of drug-likeness (QED) is 0.363. The molecule has 1 aliphatic heterocycles. The Morgan fingerprint density at radius 1 is 1.36 bits per heavy atom. The molecule has 1 aromatic heterocycles. The number of nitrogens with two attached hydrogens (primary N) is 1. The van der Waals surface area contributed by atoms with Gasteiger partial charge in [0, 0.05) is 24.3 Å². The molecule has 0 saturated carbocycles. The molecule has 36 heavy (non-hydrogen) atoms. The van der Waals surface area contributed by atoms with E-state index in [2.05, 4.69) is 4.98 Å². The van der Waals surface area contributed by atoms with E-state index < -0.39 is 35.6 Å². The maximum atomic E-state index is 13.4. The highest BCUT2D eigenvalue weighted by molar-refractivity contribution is 7.09. The largest absolute Gasteiger partial charge is 0.456 e. The van der Waals surface area contributed by atoms with Gasteiger partial charge in [-0.05, 0) is 44.6 Å². The number of aliphatic hydroxyl groups is 2. The predicted molar refractivity (Wildman–Crippen MR) is 144 cm³/mol. The maximum Gasteiger partial charge on any atom is 0.309 e. The number of cyclic esters (lactones) is 1. The van der Waals surface area contributed by atoms with Crippen molar-refractivity contribution in [1.82, 2.24) is 4.98 Å². The smallest absolute Gasteiger partial charge is 0.309 e. The molecular formula is C27H41ClN2O5S. The Labute approximate surface area is 223 Å². The maximum absolute atomic E-state index is 13.4. The lowest BCUT2D eigenvalue weighted by Crippen LogP contribution is -2.46. The third-order valence-corrected chi connectivity index (χ3v) is 8.36. The minimum Gasteiger partial charge on any atom is -0.456 e. The molecular weight excluding hydrogens is 500 g/mol. The van der Waals surface area contributed by atoms with Gasteiger partial charge < -0.3 is 20.7 Å². The summed E-state index contributed by atoms with van der Waals surface area (Å²) < 4.78 is 5.70. The van der Waals surface area contributed by atoms with Gasteiger partial charge >= 0.3 is 5.97 Å². The van der Waals surface area contributed by atoms with Crippen molar-refractivity contribution in [2.24, 2.45) is 23.0 Å². The summed E-state index contributed by atoms with van der Waals surface area (Å²) in [5, 5.41) is 24.8. The fourth-order valence-corrected chi connectivity index (χ4v) is 5.34. The van der Waals surface area contributed by atoms with Gasteiger partial charge in [-0.1, -0.05) is 50.9 Å². The molecule has 5 atom stereocenters. The van der Waals surface area contributed by atoms with Gasteiger partial charge in [0.1, 0.15) is 16.9 Å². The number of thiazole rings is 1. The van der Waals surface area contributed by atoms with E-state index in [0.29, 0.717) is 30.1 Å². The average molecular weight is 541 g/mol. The molecule has 0 unspecified atom stereocenters. The zero-order chi connectivity index (χ0) is 27.0. The van der Waals surface area contributed by atoms with Crippen LogP contribution in [0.5, 0.6) is 0 Å². The fraction of sp³-hybridized carbons (Fsp3) is 0.667. The molecule has 1 aromatic rings. The van der Waals surface area contributed by atoms with E-state index in [1.807, 2.05) is 32.2 Å². The molecule has 0 aromatic carbocycles. The Hall–Kier alpha value is -1.58. The molecule has 0 radical (unpaired) electrons. The third kappa shape index (κ3) is 8.21. The number of aliphatic hydroxyl groups excluding tert-OH is 2. The molecule has 0 aliphatic carbocycles. The van der Waals surface area contributed by atoms with Gasteiger partial charge in [-0.2, -0.15) is 0 Å². The number of nitrogens with zero attached hydrogens (tertiary/aromatic N) is 1. The topological polar surface area (TPSA) is 123 Å². The Morgan fingerprint density at radius 3 is 2.67 bits per heavy atom. The summed E-state index contributed by atoms with van der Waals surface area (Å²) in [5.74, 6) is -1.59. The van der Waals surface area contributed by atoms with Gasteiger partial charge in [-0.3, -0.25) is 9.59 Å². The third-order valence-electron chi connectivity index (χ3n) is 7.12. The van der Waals surface area contributed by atoms with E-state index in [1.54, 1.807) is 19.9 Å². The summed E-state index contributed by atoms with van der Waals surface area (Å²) in [5.41, 5.74) is 6.17. The molecule has 7 nitrogen and oxygen atoms in total. The predicted octanol–water partition coefficient (Wildman–Crippen LogP) is 4.98. The van der Waals surface area contributed by atoms with Crippen molar-refractivity contribution in [3.05, 3.63) is 32.8 Å². The number of rotatable bonds is 4. The second-order valence-corrected chi connectivity index (χ2v) is 11.7. The fourth-order valence-electron chi connectivity index (χ4n) is 4.46. The number of Topliss-reactive ketones (excluding diaryl/α,β-unsaturated/α-hetero) is 1. The summed E-state index contributed by atoms with van der Waals surface area (Å²) in [6.45, 7) is 9.39.